The summed E-state index contributed by atoms with van der Waals surface area (Å²) in [5.74, 6) is 0. The van der Waals surface area contributed by atoms with Gasteiger partial charge in [0.25, 0.3) is 0 Å². The van der Waals surface area contributed by atoms with Crippen LogP contribution in [0.25, 0.3) is 65.0 Å². The van der Waals surface area contributed by atoms with Gasteiger partial charge in [0.2, 0.25) is 0 Å². The first kappa shape index (κ1) is 25.6. The van der Waals surface area contributed by atoms with Gasteiger partial charge in [-0.3, -0.25) is 0 Å². The second kappa shape index (κ2) is 10.4. The molecule has 0 atom stereocenters. The number of hydrogen-bond donors (Lipinski definition) is 0. The highest BCUT2D eigenvalue weighted by atomic mass is 15.1. The van der Waals surface area contributed by atoms with Gasteiger partial charge in [-0.05, 0) is 101 Å². The number of anilines is 3. The van der Waals surface area contributed by atoms with Gasteiger partial charge in [-0.15, -0.1) is 0 Å². The molecule has 1 nitrogen and oxygen atoms in total. The molecule has 0 N–H and O–H groups in total. The van der Waals surface area contributed by atoms with Crippen molar-refractivity contribution in [3.8, 4) is 11.1 Å². The summed E-state index contributed by atoms with van der Waals surface area (Å²) in [6.07, 6.45) is 0. The second-order valence-corrected chi connectivity index (χ2v) is 11.8. The van der Waals surface area contributed by atoms with Gasteiger partial charge in [-0.25, -0.2) is 0 Å². The van der Waals surface area contributed by atoms with E-state index < -0.39 is 0 Å². The summed E-state index contributed by atoms with van der Waals surface area (Å²) in [5.41, 5.74) is 5.83. The third-order valence-corrected chi connectivity index (χ3v) is 9.18. The minimum absolute atomic E-state index is 1.13. The van der Waals surface area contributed by atoms with Gasteiger partial charge in [-0.2, -0.15) is 0 Å². The maximum absolute atomic E-state index is 2.40. The highest BCUT2D eigenvalue weighted by Crippen LogP contribution is 2.41. The van der Waals surface area contributed by atoms with Crippen molar-refractivity contribution < 1.29 is 0 Å². The molecule has 9 aromatic carbocycles. The fourth-order valence-corrected chi connectivity index (χ4v) is 7.02. The van der Waals surface area contributed by atoms with Gasteiger partial charge in [0.05, 0.1) is 0 Å². The largest absolute Gasteiger partial charge is 0.310 e. The molecule has 0 unspecified atom stereocenters. The van der Waals surface area contributed by atoms with Crippen LogP contribution in [-0.4, -0.2) is 0 Å². The number of benzene rings is 9. The Morgan fingerprint density at radius 2 is 0.711 bits per heavy atom. The van der Waals surface area contributed by atoms with Crippen LogP contribution >= 0.6 is 0 Å². The van der Waals surface area contributed by atoms with Crippen molar-refractivity contribution in [2.75, 3.05) is 4.90 Å². The van der Waals surface area contributed by atoms with E-state index in [2.05, 4.69) is 181 Å². The highest BCUT2D eigenvalue weighted by molar-refractivity contribution is 6.10. The Hall–Kier alpha value is -5.92. The average molecular weight is 572 g/mol. The maximum atomic E-state index is 2.40. The van der Waals surface area contributed by atoms with Crippen LogP contribution in [0.2, 0.25) is 0 Å². The van der Waals surface area contributed by atoms with Crippen molar-refractivity contribution in [3.63, 3.8) is 0 Å². The lowest BCUT2D eigenvalue weighted by atomic mass is 9.97. The minimum atomic E-state index is 1.13. The van der Waals surface area contributed by atoms with E-state index in [0.717, 1.165) is 17.1 Å². The lowest BCUT2D eigenvalue weighted by Crippen LogP contribution is -2.10. The number of nitrogens with zero attached hydrogens (tertiary/aromatic N) is 1. The van der Waals surface area contributed by atoms with E-state index in [1.165, 1.54) is 65.0 Å². The first-order valence-corrected chi connectivity index (χ1v) is 15.5. The lowest BCUT2D eigenvalue weighted by molar-refractivity contribution is 1.30. The van der Waals surface area contributed by atoms with Crippen LogP contribution in [0, 0.1) is 0 Å². The summed E-state index contributed by atoms with van der Waals surface area (Å²) < 4.78 is 0. The molecule has 0 saturated heterocycles. The van der Waals surface area contributed by atoms with Crippen LogP contribution < -0.4 is 4.90 Å². The molecule has 0 saturated carbocycles. The lowest BCUT2D eigenvalue weighted by Gasteiger charge is -2.27. The van der Waals surface area contributed by atoms with Gasteiger partial charge < -0.3 is 4.90 Å². The Labute approximate surface area is 262 Å². The molecule has 0 aliphatic rings. The Morgan fingerprint density at radius 3 is 1.33 bits per heavy atom. The van der Waals surface area contributed by atoms with E-state index in [1.807, 2.05) is 0 Å². The zero-order valence-corrected chi connectivity index (χ0v) is 24.7. The molecular formula is C44H29N. The third kappa shape index (κ3) is 4.32. The molecule has 9 rings (SSSR count). The summed E-state index contributed by atoms with van der Waals surface area (Å²) >= 11 is 0. The van der Waals surface area contributed by atoms with Crippen molar-refractivity contribution in [1.82, 2.24) is 0 Å². The quantitative estimate of drug-likeness (QED) is 0.190. The highest BCUT2D eigenvalue weighted by Gasteiger charge is 2.16. The first-order valence-electron chi connectivity index (χ1n) is 15.5. The number of fused-ring (bicyclic) bond motifs is 7. The zero-order valence-electron chi connectivity index (χ0n) is 24.7. The predicted molar refractivity (Wildman–Crippen MR) is 194 cm³/mol. The zero-order chi connectivity index (χ0) is 29.7. The van der Waals surface area contributed by atoms with Gasteiger partial charge >= 0.3 is 0 Å². The summed E-state index contributed by atoms with van der Waals surface area (Å²) in [5, 5.41) is 12.6. The Kier molecular flexibility index (Phi) is 5.89. The van der Waals surface area contributed by atoms with Crippen LogP contribution in [0.15, 0.2) is 176 Å². The fraction of sp³-hybridized carbons (Fsp3) is 0. The normalized spacial score (nSPS) is 11.6. The van der Waals surface area contributed by atoms with Crippen molar-refractivity contribution >= 4 is 70.9 Å². The van der Waals surface area contributed by atoms with Crippen LogP contribution in [0.5, 0.6) is 0 Å². The molecule has 1 heteroatoms. The Bertz CT molecular complexity index is 2440. The molecule has 0 amide bonds. The fourth-order valence-electron chi connectivity index (χ4n) is 7.02. The van der Waals surface area contributed by atoms with Gasteiger partial charge in [0.15, 0.2) is 0 Å². The minimum Gasteiger partial charge on any atom is -0.310 e. The van der Waals surface area contributed by atoms with E-state index in [9.17, 15) is 0 Å². The summed E-state index contributed by atoms with van der Waals surface area (Å²) in [7, 11) is 0. The molecular weight excluding hydrogens is 542 g/mol. The van der Waals surface area contributed by atoms with E-state index in [-0.39, 0.29) is 0 Å². The molecule has 0 fully saturated rings. The van der Waals surface area contributed by atoms with Crippen LogP contribution in [0.4, 0.5) is 17.1 Å². The van der Waals surface area contributed by atoms with Crippen molar-refractivity contribution in [2.24, 2.45) is 0 Å². The predicted octanol–water partition coefficient (Wildman–Crippen LogP) is 12.6. The number of hydrogen-bond acceptors (Lipinski definition) is 1. The maximum Gasteiger partial charge on any atom is 0.0468 e. The molecule has 0 bridgehead atoms. The molecule has 0 radical (unpaired) electrons. The van der Waals surface area contributed by atoms with E-state index in [4.69, 9.17) is 0 Å². The van der Waals surface area contributed by atoms with Crippen LogP contribution in [0.1, 0.15) is 0 Å². The van der Waals surface area contributed by atoms with E-state index in [1.54, 1.807) is 0 Å². The molecule has 0 aromatic heterocycles. The number of rotatable bonds is 4. The van der Waals surface area contributed by atoms with Gasteiger partial charge in [0, 0.05) is 17.1 Å². The summed E-state index contributed by atoms with van der Waals surface area (Å²) in [4.78, 5) is 2.40. The van der Waals surface area contributed by atoms with Crippen LogP contribution in [0.3, 0.4) is 0 Å². The molecule has 0 spiro atoms. The molecule has 0 aliphatic heterocycles. The molecule has 9 aromatic rings. The standard InChI is InChI=1S/C44H29N/c1-4-15-39-30(9-1)12-8-18-42(39)33-13-7-14-36(27-33)45(37-23-25-43-34(28-37)21-19-31-10-2-5-16-40(31)43)38-24-26-44-35(29-38)22-20-32-11-3-6-17-41(32)44/h1-29H. The van der Waals surface area contributed by atoms with Crippen molar-refractivity contribution in [3.05, 3.63) is 176 Å². The SMILES string of the molecule is c1cc(-c2cccc3ccccc23)cc(N(c2ccc3c(ccc4ccccc43)c2)c2ccc3c(ccc4ccccc43)c2)c1. The second-order valence-electron chi connectivity index (χ2n) is 11.8. The Balaban J connectivity index is 1.26. The Morgan fingerprint density at radius 1 is 0.267 bits per heavy atom. The van der Waals surface area contributed by atoms with E-state index >= 15 is 0 Å². The molecule has 210 valence electrons. The van der Waals surface area contributed by atoms with Gasteiger partial charge in [-0.1, -0.05) is 140 Å². The molecule has 45 heavy (non-hydrogen) atoms. The van der Waals surface area contributed by atoms with Crippen LogP contribution in [-0.2, 0) is 0 Å². The topological polar surface area (TPSA) is 3.24 Å². The monoisotopic (exact) mass is 571 g/mol. The molecule has 0 aliphatic carbocycles. The smallest absolute Gasteiger partial charge is 0.0468 e. The summed E-state index contributed by atoms with van der Waals surface area (Å²) in [6, 6.07) is 64.2. The van der Waals surface area contributed by atoms with Crippen molar-refractivity contribution in [2.45, 2.75) is 0 Å². The third-order valence-electron chi connectivity index (χ3n) is 9.18. The van der Waals surface area contributed by atoms with E-state index in [0.29, 0.717) is 0 Å². The average Bonchev–Trinajstić information content (AvgIpc) is 3.11. The summed E-state index contributed by atoms with van der Waals surface area (Å²) in [6.45, 7) is 0. The molecule has 0 heterocycles. The van der Waals surface area contributed by atoms with Gasteiger partial charge in [0.1, 0.15) is 0 Å². The van der Waals surface area contributed by atoms with Crippen molar-refractivity contribution in [1.29, 1.82) is 0 Å². The first-order chi connectivity index (χ1) is 22.3.